The third-order valence-electron chi connectivity index (χ3n) is 6.50. The molecule has 3 heterocycles. The van der Waals surface area contributed by atoms with Gasteiger partial charge in [0.2, 0.25) is 0 Å². The van der Waals surface area contributed by atoms with Gasteiger partial charge in [-0.1, -0.05) is 13.0 Å². The molecule has 2 aliphatic rings. The van der Waals surface area contributed by atoms with E-state index in [9.17, 15) is 18.0 Å². The Kier molecular flexibility index (Phi) is 8.88. The third kappa shape index (κ3) is 6.38. The normalized spacial score (nSPS) is 21.4. The fourth-order valence-electron chi connectivity index (χ4n) is 4.82. The zero-order valence-electron chi connectivity index (χ0n) is 19.8. The van der Waals surface area contributed by atoms with E-state index in [0.717, 1.165) is 43.9 Å². The van der Waals surface area contributed by atoms with Crippen LogP contribution in [0.1, 0.15) is 31.7 Å². The maximum atomic E-state index is 13.9. The number of hydrogen-bond acceptors (Lipinski definition) is 5. The van der Waals surface area contributed by atoms with Crippen LogP contribution < -0.4 is 9.64 Å². The molecule has 0 spiro atoms. The molecule has 2 aliphatic heterocycles. The number of amides is 1. The van der Waals surface area contributed by atoms with Gasteiger partial charge >= 0.3 is 6.18 Å². The molecule has 2 saturated heterocycles. The number of benzene rings is 1. The van der Waals surface area contributed by atoms with Crippen LogP contribution in [-0.2, 0) is 11.0 Å². The smallest absolute Gasteiger partial charge is 0.416 e. The van der Waals surface area contributed by atoms with Gasteiger partial charge in [-0.25, -0.2) is 4.98 Å². The number of nitrogens with zero attached hydrogens (tertiary/aromatic N) is 4. The summed E-state index contributed by atoms with van der Waals surface area (Å²) in [6.45, 7) is 6.66. The number of piperidine rings is 1. The van der Waals surface area contributed by atoms with Gasteiger partial charge in [-0.3, -0.25) is 9.69 Å². The van der Waals surface area contributed by atoms with Crippen LogP contribution in [-0.4, -0.2) is 72.1 Å². The summed E-state index contributed by atoms with van der Waals surface area (Å²) in [5.74, 6) is 1.08. The number of ether oxygens (including phenoxy) is 1. The summed E-state index contributed by atoms with van der Waals surface area (Å²) < 4.78 is 45.3. The Labute approximate surface area is 210 Å². The molecule has 10 heteroatoms. The number of likely N-dealkylation sites (tertiary alicyclic amines) is 1. The molecule has 0 N–H and O–H groups in total. The number of carbonyl (C=O) groups is 1. The van der Waals surface area contributed by atoms with Gasteiger partial charge < -0.3 is 14.5 Å². The number of anilines is 1. The molecule has 1 amide bonds. The molecule has 0 aliphatic carbocycles. The summed E-state index contributed by atoms with van der Waals surface area (Å²) in [6.07, 6.45) is -0.382. The van der Waals surface area contributed by atoms with E-state index < -0.39 is 17.3 Å². The van der Waals surface area contributed by atoms with Crippen molar-refractivity contribution >= 4 is 24.1 Å². The molecule has 1 aromatic carbocycles. The summed E-state index contributed by atoms with van der Waals surface area (Å²) in [7, 11) is 0. The Bertz CT molecular complexity index is 951. The first-order valence-corrected chi connectivity index (χ1v) is 11.8. The predicted molar refractivity (Wildman–Crippen MR) is 131 cm³/mol. The Morgan fingerprint density at radius 2 is 1.77 bits per heavy atom. The van der Waals surface area contributed by atoms with Crippen molar-refractivity contribution in [3.05, 3.63) is 54.2 Å². The SMILES string of the molecule is CCCN1CCCC(Oc2ccc(C(F)(F)F)cc2)(C(=O)N2CCN(c3ccccn3)CC2)C1.Cl. The molecule has 0 bridgehead atoms. The Hall–Kier alpha value is -2.52. The molecule has 2 fully saturated rings. The highest BCUT2D eigenvalue weighted by molar-refractivity contribution is 5.86. The predicted octanol–water partition coefficient (Wildman–Crippen LogP) is 4.49. The van der Waals surface area contributed by atoms with E-state index in [-0.39, 0.29) is 24.1 Å². The molecular weight excluding hydrogens is 481 g/mol. The lowest BCUT2D eigenvalue weighted by molar-refractivity contribution is -0.154. The third-order valence-corrected chi connectivity index (χ3v) is 6.50. The second kappa shape index (κ2) is 11.5. The van der Waals surface area contributed by atoms with E-state index in [2.05, 4.69) is 21.7 Å². The minimum Gasteiger partial charge on any atom is -0.476 e. The zero-order chi connectivity index (χ0) is 24.2. The van der Waals surface area contributed by atoms with Gasteiger partial charge in [-0.15, -0.1) is 12.4 Å². The van der Waals surface area contributed by atoms with Gasteiger partial charge in [0.15, 0.2) is 5.60 Å². The van der Waals surface area contributed by atoms with Crippen LogP contribution in [0.2, 0.25) is 0 Å². The number of halogens is 4. The second-order valence-electron chi connectivity index (χ2n) is 8.97. The molecule has 0 radical (unpaired) electrons. The van der Waals surface area contributed by atoms with Gasteiger partial charge in [0, 0.05) is 38.9 Å². The van der Waals surface area contributed by atoms with E-state index in [4.69, 9.17) is 4.74 Å². The molecule has 1 atom stereocenters. The average Bonchev–Trinajstić information content (AvgIpc) is 2.84. The topological polar surface area (TPSA) is 48.9 Å². The van der Waals surface area contributed by atoms with Crippen molar-refractivity contribution < 1.29 is 22.7 Å². The lowest BCUT2D eigenvalue weighted by Crippen LogP contribution is -2.63. The van der Waals surface area contributed by atoms with Crippen molar-refractivity contribution in [3.63, 3.8) is 0 Å². The molecule has 35 heavy (non-hydrogen) atoms. The van der Waals surface area contributed by atoms with Crippen molar-refractivity contribution in [2.24, 2.45) is 0 Å². The summed E-state index contributed by atoms with van der Waals surface area (Å²) >= 11 is 0. The first-order chi connectivity index (χ1) is 16.3. The van der Waals surface area contributed by atoms with Crippen molar-refractivity contribution in [1.82, 2.24) is 14.8 Å². The molecule has 2 aromatic rings. The maximum absolute atomic E-state index is 13.9. The fourth-order valence-corrected chi connectivity index (χ4v) is 4.82. The van der Waals surface area contributed by atoms with Gasteiger partial charge in [-0.05, 0) is 68.8 Å². The van der Waals surface area contributed by atoms with E-state index in [1.54, 1.807) is 6.20 Å². The first-order valence-electron chi connectivity index (χ1n) is 11.8. The molecule has 6 nitrogen and oxygen atoms in total. The van der Waals surface area contributed by atoms with Crippen LogP contribution in [0.5, 0.6) is 5.75 Å². The number of pyridine rings is 1. The highest BCUT2D eigenvalue weighted by Gasteiger charge is 2.47. The van der Waals surface area contributed by atoms with Gasteiger partial charge in [-0.2, -0.15) is 13.2 Å². The number of alkyl halides is 3. The minimum atomic E-state index is -4.41. The molecule has 4 rings (SSSR count). The van der Waals surface area contributed by atoms with Gasteiger partial charge in [0.1, 0.15) is 11.6 Å². The number of aromatic nitrogens is 1. The lowest BCUT2D eigenvalue weighted by atomic mass is 9.90. The van der Waals surface area contributed by atoms with E-state index in [1.165, 1.54) is 12.1 Å². The highest BCUT2D eigenvalue weighted by atomic mass is 35.5. The molecule has 0 saturated carbocycles. The Morgan fingerprint density at radius 1 is 1.06 bits per heavy atom. The molecule has 1 aromatic heterocycles. The number of hydrogen-bond donors (Lipinski definition) is 0. The van der Waals surface area contributed by atoms with Crippen molar-refractivity contribution in [2.45, 2.75) is 38.0 Å². The van der Waals surface area contributed by atoms with Crippen LogP contribution in [0, 0.1) is 0 Å². The van der Waals surface area contributed by atoms with Crippen LogP contribution in [0.15, 0.2) is 48.7 Å². The second-order valence-corrected chi connectivity index (χ2v) is 8.97. The highest BCUT2D eigenvalue weighted by Crippen LogP contribution is 2.34. The summed E-state index contributed by atoms with van der Waals surface area (Å²) in [5, 5.41) is 0. The van der Waals surface area contributed by atoms with Gasteiger partial charge in [0.25, 0.3) is 5.91 Å². The molecule has 1 unspecified atom stereocenters. The standard InChI is InChI=1S/C25H31F3N4O2.ClH/c1-2-13-30-14-5-11-24(19-30,34-21-9-7-20(8-10-21)25(26,27)28)23(33)32-17-15-31(16-18-32)22-6-3-4-12-29-22;/h3-4,6-10,12H,2,5,11,13-19H2,1H3;1H. The van der Waals surface area contributed by atoms with Gasteiger partial charge in [0.05, 0.1) is 5.56 Å². The van der Waals surface area contributed by atoms with E-state index in [1.807, 2.05) is 23.1 Å². The van der Waals surface area contributed by atoms with Crippen LogP contribution >= 0.6 is 12.4 Å². The first kappa shape index (κ1) is 27.1. The Balaban J connectivity index is 0.00000342. The van der Waals surface area contributed by atoms with Crippen molar-refractivity contribution in [2.75, 3.05) is 50.7 Å². The fraction of sp³-hybridized carbons (Fsp3) is 0.520. The Morgan fingerprint density at radius 3 is 2.37 bits per heavy atom. The van der Waals surface area contributed by atoms with Crippen molar-refractivity contribution in [1.29, 1.82) is 0 Å². The van der Waals surface area contributed by atoms with Crippen LogP contribution in [0.25, 0.3) is 0 Å². The largest absolute Gasteiger partial charge is 0.476 e. The van der Waals surface area contributed by atoms with Crippen molar-refractivity contribution in [3.8, 4) is 5.75 Å². The summed E-state index contributed by atoms with van der Waals surface area (Å²) in [6, 6.07) is 10.4. The van der Waals surface area contributed by atoms with Crippen LogP contribution in [0.4, 0.5) is 19.0 Å². The minimum absolute atomic E-state index is 0. The zero-order valence-corrected chi connectivity index (χ0v) is 20.7. The number of carbonyl (C=O) groups excluding carboxylic acids is 1. The lowest BCUT2D eigenvalue weighted by Gasteiger charge is -2.45. The molecular formula is C25H32ClF3N4O2. The number of piperazine rings is 1. The van der Waals surface area contributed by atoms with E-state index >= 15 is 0 Å². The average molecular weight is 513 g/mol. The monoisotopic (exact) mass is 512 g/mol. The summed E-state index contributed by atoms with van der Waals surface area (Å²) in [5.41, 5.74) is -1.84. The number of rotatable bonds is 6. The quantitative estimate of drug-likeness (QED) is 0.570. The summed E-state index contributed by atoms with van der Waals surface area (Å²) in [4.78, 5) is 24.5. The maximum Gasteiger partial charge on any atom is 0.416 e. The molecule has 192 valence electrons. The van der Waals surface area contributed by atoms with E-state index in [0.29, 0.717) is 39.1 Å². The van der Waals surface area contributed by atoms with Crippen LogP contribution in [0.3, 0.4) is 0 Å².